The number of hydrogen-bond acceptors (Lipinski definition) is 2. The van der Waals surface area contributed by atoms with E-state index >= 15 is 0 Å². The van der Waals surface area contributed by atoms with Gasteiger partial charge in [-0.25, -0.2) is 4.79 Å². The molecule has 0 unspecified atom stereocenters. The monoisotopic (exact) mass is 230 g/mol. The Morgan fingerprint density at radius 2 is 1.87 bits per heavy atom. The van der Waals surface area contributed by atoms with Gasteiger partial charge in [0, 0.05) is 0 Å². The second-order valence-electron chi connectivity index (χ2n) is 2.54. The normalized spacial score (nSPS) is 12.9. The Morgan fingerprint density at radius 1 is 1.33 bits per heavy atom. The Bertz CT molecular complexity index is 383. The SMILES string of the molecule is O=C(O)C(F)(F)c1cn[nH]c1C(F)(F)F. The minimum atomic E-state index is -5.11. The molecular formula is C6H3F5N2O2. The lowest BCUT2D eigenvalue weighted by Gasteiger charge is -2.12. The first kappa shape index (κ1) is 11.4. The largest absolute Gasteiger partial charge is 0.477 e. The predicted molar refractivity (Wildman–Crippen MR) is 35.1 cm³/mol. The third-order valence-electron chi connectivity index (χ3n) is 1.53. The van der Waals surface area contributed by atoms with Crippen molar-refractivity contribution in [2.75, 3.05) is 0 Å². The molecule has 0 saturated heterocycles. The molecule has 2 N–H and O–H groups in total. The number of alkyl halides is 5. The lowest BCUT2D eigenvalue weighted by atomic mass is 10.1. The highest BCUT2D eigenvalue weighted by atomic mass is 19.4. The molecule has 0 aliphatic heterocycles. The Labute approximate surface area is 78.7 Å². The third-order valence-corrected chi connectivity index (χ3v) is 1.53. The smallest absolute Gasteiger partial charge is 0.433 e. The molecule has 0 bridgehead atoms. The molecule has 0 radical (unpaired) electrons. The summed E-state index contributed by atoms with van der Waals surface area (Å²) in [5, 5.41) is 12.1. The van der Waals surface area contributed by atoms with E-state index < -0.39 is 29.3 Å². The molecule has 0 saturated carbocycles. The van der Waals surface area contributed by atoms with Crippen LogP contribution in [0.15, 0.2) is 6.20 Å². The molecular weight excluding hydrogens is 227 g/mol. The number of H-pyrrole nitrogens is 1. The molecule has 0 aliphatic carbocycles. The van der Waals surface area contributed by atoms with Gasteiger partial charge < -0.3 is 5.11 Å². The fraction of sp³-hybridized carbons (Fsp3) is 0.333. The van der Waals surface area contributed by atoms with Crippen molar-refractivity contribution < 1.29 is 31.9 Å². The first-order chi connectivity index (χ1) is 6.67. The summed E-state index contributed by atoms with van der Waals surface area (Å²) in [7, 11) is 0. The van der Waals surface area contributed by atoms with Gasteiger partial charge in [0.2, 0.25) is 0 Å². The van der Waals surface area contributed by atoms with Crippen molar-refractivity contribution in [3.05, 3.63) is 17.5 Å². The van der Waals surface area contributed by atoms with E-state index in [2.05, 4.69) is 5.10 Å². The van der Waals surface area contributed by atoms with Crippen molar-refractivity contribution in [1.29, 1.82) is 0 Å². The summed E-state index contributed by atoms with van der Waals surface area (Å²) in [5.41, 5.74) is -3.57. The summed E-state index contributed by atoms with van der Waals surface area (Å²) in [5.74, 6) is -7.30. The van der Waals surface area contributed by atoms with Crippen LogP contribution < -0.4 is 0 Å². The predicted octanol–water partition coefficient (Wildman–Crippen LogP) is 1.60. The van der Waals surface area contributed by atoms with Crippen LogP contribution in [0, 0.1) is 0 Å². The number of carboxylic acid groups (broad SMARTS) is 1. The fourth-order valence-corrected chi connectivity index (χ4v) is 0.856. The van der Waals surface area contributed by atoms with E-state index in [4.69, 9.17) is 5.11 Å². The molecule has 0 aliphatic rings. The zero-order valence-corrected chi connectivity index (χ0v) is 6.77. The van der Waals surface area contributed by atoms with Gasteiger partial charge in [0.05, 0.1) is 11.8 Å². The van der Waals surface area contributed by atoms with Crippen molar-refractivity contribution in [3.63, 3.8) is 0 Å². The van der Waals surface area contributed by atoms with Gasteiger partial charge in [0.25, 0.3) is 0 Å². The highest BCUT2D eigenvalue weighted by Crippen LogP contribution is 2.37. The van der Waals surface area contributed by atoms with Crippen LogP contribution in [0.3, 0.4) is 0 Å². The number of rotatable bonds is 2. The van der Waals surface area contributed by atoms with Gasteiger partial charge in [-0.1, -0.05) is 0 Å². The van der Waals surface area contributed by atoms with Crippen LogP contribution in [0.5, 0.6) is 0 Å². The van der Waals surface area contributed by atoms with E-state index in [9.17, 15) is 26.7 Å². The maximum atomic E-state index is 12.7. The van der Waals surface area contributed by atoms with Crippen LogP contribution in [0.2, 0.25) is 0 Å². The van der Waals surface area contributed by atoms with Crippen LogP contribution in [0.1, 0.15) is 11.3 Å². The zero-order valence-electron chi connectivity index (χ0n) is 6.77. The van der Waals surface area contributed by atoms with Crippen LogP contribution in [0.25, 0.3) is 0 Å². The van der Waals surface area contributed by atoms with E-state index in [1.54, 1.807) is 0 Å². The number of nitrogens with one attached hydrogen (secondary N) is 1. The number of aromatic nitrogens is 2. The first-order valence-electron chi connectivity index (χ1n) is 3.39. The molecule has 9 heteroatoms. The third kappa shape index (κ3) is 1.90. The molecule has 15 heavy (non-hydrogen) atoms. The number of nitrogens with zero attached hydrogens (tertiary/aromatic N) is 1. The maximum Gasteiger partial charge on any atom is 0.433 e. The summed E-state index contributed by atoms with van der Waals surface area (Å²) >= 11 is 0. The molecule has 0 fully saturated rings. The molecule has 1 aromatic heterocycles. The van der Waals surface area contributed by atoms with Crippen LogP contribution in [-0.4, -0.2) is 21.3 Å². The minimum absolute atomic E-state index is 0.136. The fourth-order valence-electron chi connectivity index (χ4n) is 0.856. The van der Waals surface area contributed by atoms with Crippen LogP contribution in [-0.2, 0) is 16.9 Å². The Balaban J connectivity index is 3.28. The Kier molecular flexibility index (Phi) is 2.41. The number of carboxylic acids is 1. The topological polar surface area (TPSA) is 66.0 Å². The zero-order chi connectivity index (χ0) is 11.9. The molecule has 0 atom stereocenters. The van der Waals surface area contributed by atoms with Gasteiger partial charge in [-0.05, 0) is 0 Å². The van der Waals surface area contributed by atoms with Crippen molar-refractivity contribution in [3.8, 4) is 0 Å². The van der Waals surface area contributed by atoms with E-state index in [0.717, 1.165) is 0 Å². The molecule has 0 spiro atoms. The number of halogens is 5. The van der Waals surface area contributed by atoms with E-state index in [1.807, 2.05) is 0 Å². The van der Waals surface area contributed by atoms with Crippen LogP contribution in [0.4, 0.5) is 22.0 Å². The van der Waals surface area contributed by atoms with Gasteiger partial charge >= 0.3 is 18.1 Å². The quantitative estimate of drug-likeness (QED) is 0.758. The van der Waals surface area contributed by atoms with Crippen molar-refractivity contribution in [1.82, 2.24) is 10.2 Å². The van der Waals surface area contributed by atoms with Gasteiger partial charge in [-0.15, -0.1) is 0 Å². The molecule has 1 aromatic rings. The number of carbonyl (C=O) groups is 1. The number of aromatic amines is 1. The molecule has 1 heterocycles. The summed E-state index contributed by atoms with van der Waals surface area (Å²) in [6.45, 7) is 0. The van der Waals surface area contributed by atoms with E-state index in [1.165, 1.54) is 5.10 Å². The lowest BCUT2D eigenvalue weighted by Crippen LogP contribution is -2.28. The summed E-state index contributed by atoms with van der Waals surface area (Å²) in [6.07, 6.45) is -4.97. The second-order valence-corrected chi connectivity index (χ2v) is 2.54. The molecule has 0 amide bonds. The average Bonchev–Trinajstić information content (AvgIpc) is 2.49. The standard InChI is InChI=1S/C6H3F5N2O2/c7-5(8,4(14)15)2-1-12-13-3(2)6(9,10)11/h1H,(H,12,13)(H,14,15). The molecule has 84 valence electrons. The van der Waals surface area contributed by atoms with Gasteiger partial charge in [0.1, 0.15) is 5.69 Å². The van der Waals surface area contributed by atoms with E-state index in [-0.39, 0.29) is 6.20 Å². The average molecular weight is 230 g/mol. The summed E-state index contributed by atoms with van der Waals surface area (Å²) in [4.78, 5) is 10.0. The molecule has 4 nitrogen and oxygen atoms in total. The van der Waals surface area contributed by atoms with Gasteiger partial charge in [-0.2, -0.15) is 27.1 Å². The van der Waals surface area contributed by atoms with Crippen LogP contribution >= 0.6 is 0 Å². The molecule has 0 aromatic carbocycles. The number of aliphatic carboxylic acids is 1. The Morgan fingerprint density at radius 3 is 2.27 bits per heavy atom. The van der Waals surface area contributed by atoms with Crippen molar-refractivity contribution in [2.24, 2.45) is 0 Å². The van der Waals surface area contributed by atoms with Crippen molar-refractivity contribution >= 4 is 5.97 Å². The van der Waals surface area contributed by atoms with E-state index in [0.29, 0.717) is 0 Å². The highest BCUT2D eigenvalue weighted by Gasteiger charge is 2.49. The second kappa shape index (κ2) is 3.17. The first-order valence-corrected chi connectivity index (χ1v) is 3.39. The van der Waals surface area contributed by atoms with Crippen molar-refractivity contribution in [2.45, 2.75) is 12.1 Å². The summed E-state index contributed by atoms with van der Waals surface area (Å²) < 4.78 is 61.7. The Hall–Kier alpha value is -1.67. The summed E-state index contributed by atoms with van der Waals surface area (Å²) in [6, 6.07) is 0. The maximum absolute atomic E-state index is 12.7. The number of hydrogen-bond donors (Lipinski definition) is 2. The minimum Gasteiger partial charge on any atom is -0.477 e. The highest BCUT2D eigenvalue weighted by molar-refractivity contribution is 5.77. The van der Waals surface area contributed by atoms with Gasteiger partial charge in [0.15, 0.2) is 0 Å². The lowest BCUT2D eigenvalue weighted by molar-refractivity contribution is -0.169. The van der Waals surface area contributed by atoms with Gasteiger partial charge in [-0.3, -0.25) is 5.10 Å². The molecule has 1 rings (SSSR count).